The van der Waals surface area contributed by atoms with Crippen molar-refractivity contribution >= 4 is 44.4 Å². The number of nitrogens with zero attached hydrogens (tertiary/aromatic N) is 4. The third kappa shape index (κ3) is 4.15. The Kier molecular flexibility index (Phi) is 5.49. The minimum atomic E-state index is -3.48. The van der Waals surface area contributed by atoms with Crippen LogP contribution >= 0.6 is 11.6 Å². The van der Waals surface area contributed by atoms with E-state index in [1.165, 1.54) is 24.5 Å². The number of ether oxygens (including phenoxy) is 1. The van der Waals surface area contributed by atoms with Crippen molar-refractivity contribution in [2.75, 3.05) is 28.7 Å². The minimum Gasteiger partial charge on any atom is -0.359 e. The maximum atomic E-state index is 12.9. The van der Waals surface area contributed by atoms with Gasteiger partial charge in [-0.05, 0) is 42.5 Å². The molecule has 2 aromatic carbocycles. The minimum absolute atomic E-state index is 0.0883. The fourth-order valence-electron chi connectivity index (χ4n) is 3.61. The Hall–Kier alpha value is -3.47. The molecule has 1 saturated heterocycles. The predicted octanol–water partition coefficient (Wildman–Crippen LogP) is 3.43. The second-order valence-corrected chi connectivity index (χ2v) is 9.77. The number of hydrogen-bond donors (Lipinski definition) is 1. The number of aromatic nitrogens is 3. The lowest BCUT2D eigenvalue weighted by Crippen LogP contribution is -2.41. The maximum Gasteiger partial charge on any atom is 0.257 e. The summed E-state index contributed by atoms with van der Waals surface area (Å²) in [5.41, 5.74) is 3.52. The monoisotopic (exact) mass is 483 g/mol. The molecule has 4 aromatic rings. The van der Waals surface area contributed by atoms with E-state index in [4.69, 9.17) is 16.3 Å². The third-order valence-corrected chi connectivity index (χ3v) is 7.23. The first-order valence-electron chi connectivity index (χ1n) is 10.0. The number of halogens is 1. The number of nitrogens with one attached hydrogen (secondary N) is 1. The fourth-order valence-corrected chi connectivity index (χ4v) is 5.09. The third-order valence-electron chi connectivity index (χ3n) is 5.24. The second kappa shape index (κ2) is 8.47. The molecular weight excluding hydrogens is 466 g/mol. The van der Waals surface area contributed by atoms with Gasteiger partial charge in [-0.1, -0.05) is 23.7 Å². The number of carbonyl (C=O) groups is 1. The fraction of sp³-hybridized carbons (Fsp3) is 0.136. The second-order valence-electron chi connectivity index (χ2n) is 7.35. The summed E-state index contributed by atoms with van der Waals surface area (Å²) in [4.78, 5) is 17.3. The number of sulfonamides is 1. The van der Waals surface area contributed by atoms with Gasteiger partial charge in [-0.3, -0.25) is 4.79 Å². The van der Waals surface area contributed by atoms with E-state index in [-0.39, 0.29) is 29.7 Å². The Bertz CT molecular complexity index is 1470. The average Bonchev–Trinajstić information content (AvgIpc) is 3.28. The van der Waals surface area contributed by atoms with Crippen molar-refractivity contribution in [3.05, 3.63) is 77.7 Å². The lowest BCUT2D eigenvalue weighted by atomic mass is 10.1. The Labute approximate surface area is 194 Å². The van der Waals surface area contributed by atoms with Crippen LogP contribution in [0.3, 0.4) is 0 Å². The topological polar surface area (TPSA) is 106 Å². The standard InChI is InChI=1S/C22H18ClN5O4S/c23-19-12-17(28-14-32-9-10-33(28,30)31)6-7-18(19)22(29)26-16-4-1-3-15(11-16)21-20-5-2-8-27(20)25-13-24-21/h1-8,11-13H,9-10,14H2,(H,26,29). The molecule has 1 N–H and O–H groups in total. The maximum absolute atomic E-state index is 12.9. The summed E-state index contributed by atoms with van der Waals surface area (Å²) in [6.45, 7) is 0.0617. The molecule has 0 radical (unpaired) electrons. The Morgan fingerprint density at radius 2 is 2.00 bits per heavy atom. The first kappa shape index (κ1) is 21.4. The molecule has 1 amide bonds. The van der Waals surface area contributed by atoms with Gasteiger partial charge in [-0.2, -0.15) is 5.10 Å². The van der Waals surface area contributed by atoms with Crippen molar-refractivity contribution in [2.24, 2.45) is 0 Å². The van der Waals surface area contributed by atoms with Crippen LogP contribution in [0.1, 0.15) is 10.4 Å². The Morgan fingerprint density at radius 3 is 2.82 bits per heavy atom. The van der Waals surface area contributed by atoms with E-state index >= 15 is 0 Å². The summed E-state index contributed by atoms with van der Waals surface area (Å²) < 4.78 is 32.7. The number of fused-ring (bicyclic) bond motifs is 1. The van der Waals surface area contributed by atoms with E-state index in [2.05, 4.69) is 15.4 Å². The molecule has 1 fully saturated rings. The van der Waals surface area contributed by atoms with Crippen LogP contribution < -0.4 is 9.62 Å². The van der Waals surface area contributed by atoms with E-state index in [0.29, 0.717) is 11.4 Å². The molecule has 2 aromatic heterocycles. The van der Waals surface area contributed by atoms with Gasteiger partial charge in [0, 0.05) is 17.4 Å². The van der Waals surface area contributed by atoms with Crippen LogP contribution in [0.4, 0.5) is 11.4 Å². The highest BCUT2D eigenvalue weighted by atomic mass is 35.5. The van der Waals surface area contributed by atoms with Crippen LogP contribution in [0.25, 0.3) is 16.8 Å². The Morgan fingerprint density at radius 1 is 1.12 bits per heavy atom. The number of benzene rings is 2. The zero-order chi connectivity index (χ0) is 23.0. The van der Waals surface area contributed by atoms with Crippen molar-refractivity contribution < 1.29 is 17.9 Å². The number of rotatable bonds is 4. The molecule has 0 spiro atoms. The highest BCUT2D eigenvalue weighted by molar-refractivity contribution is 7.92. The Balaban J connectivity index is 1.39. The molecule has 9 nitrogen and oxygen atoms in total. The molecule has 168 valence electrons. The molecule has 0 atom stereocenters. The lowest BCUT2D eigenvalue weighted by molar-refractivity contribution is 0.102. The summed E-state index contributed by atoms with van der Waals surface area (Å²) in [6, 6.07) is 15.6. The zero-order valence-electron chi connectivity index (χ0n) is 17.2. The van der Waals surface area contributed by atoms with Gasteiger partial charge in [-0.25, -0.2) is 22.2 Å². The number of carbonyl (C=O) groups excluding carboxylic acids is 1. The van der Waals surface area contributed by atoms with E-state index < -0.39 is 15.9 Å². The SMILES string of the molecule is O=C(Nc1cccc(-c2ncnn3cccc23)c1)c1ccc(N2COCCS2(=O)=O)cc1Cl. The van der Waals surface area contributed by atoms with E-state index in [1.807, 2.05) is 36.5 Å². The van der Waals surface area contributed by atoms with E-state index in [9.17, 15) is 13.2 Å². The van der Waals surface area contributed by atoms with Gasteiger partial charge >= 0.3 is 0 Å². The summed E-state index contributed by atoms with van der Waals surface area (Å²) >= 11 is 6.34. The van der Waals surface area contributed by atoms with Crippen LogP contribution in [0.5, 0.6) is 0 Å². The van der Waals surface area contributed by atoms with Crippen molar-refractivity contribution in [2.45, 2.75) is 0 Å². The van der Waals surface area contributed by atoms with Gasteiger partial charge < -0.3 is 10.1 Å². The van der Waals surface area contributed by atoms with Crippen molar-refractivity contribution in [1.82, 2.24) is 14.6 Å². The largest absolute Gasteiger partial charge is 0.359 e. The van der Waals surface area contributed by atoms with Crippen molar-refractivity contribution in [3.8, 4) is 11.3 Å². The quantitative estimate of drug-likeness (QED) is 0.476. The lowest BCUT2D eigenvalue weighted by Gasteiger charge is -2.28. The van der Waals surface area contributed by atoms with Gasteiger partial charge in [0.15, 0.2) is 0 Å². The molecule has 0 aliphatic carbocycles. The molecule has 11 heteroatoms. The number of hydrogen-bond acceptors (Lipinski definition) is 6. The van der Waals surface area contributed by atoms with Crippen LogP contribution in [0, 0.1) is 0 Å². The van der Waals surface area contributed by atoms with Gasteiger partial charge in [0.25, 0.3) is 5.91 Å². The molecular formula is C22H18ClN5O4S. The molecule has 5 rings (SSSR count). The highest BCUT2D eigenvalue weighted by Crippen LogP contribution is 2.29. The highest BCUT2D eigenvalue weighted by Gasteiger charge is 2.27. The number of amides is 1. The summed E-state index contributed by atoms with van der Waals surface area (Å²) in [7, 11) is -3.48. The van der Waals surface area contributed by atoms with Crippen molar-refractivity contribution in [3.63, 3.8) is 0 Å². The van der Waals surface area contributed by atoms with Crippen LogP contribution in [-0.2, 0) is 14.8 Å². The van der Waals surface area contributed by atoms with Crippen LogP contribution in [0.15, 0.2) is 67.1 Å². The first-order chi connectivity index (χ1) is 15.9. The van der Waals surface area contributed by atoms with Gasteiger partial charge in [0.2, 0.25) is 10.0 Å². The molecule has 3 heterocycles. The van der Waals surface area contributed by atoms with Crippen molar-refractivity contribution in [1.29, 1.82) is 0 Å². The van der Waals surface area contributed by atoms with Gasteiger partial charge in [-0.15, -0.1) is 0 Å². The normalized spacial score (nSPS) is 15.5. The zero-order valence-corrected chi connectivity index (χ0v) is 18.8. The number of anilines is 2. The molecule has 1 aliphatic rings. The molecule has 0 unspecified atom stereocenters. The summed E-state index contributed by atoms with van der Waals surface area (Å²) in [5.74, 6) is -0.526. The first-order valence-corrected chi connectivity index (χ1v) is 12.0. The molecule has 33 heavy (non-hydrogen) atoms. The average molecular weight is 484 g/mol. The van der Waals surface area contributed by atoms with Crippen LogP contribution in [0.2, 0.25) is 5.02 Å². The molecule has 0 saturated carbocycles. The van der Waals surface area contributed by atoms with E-state index in [1.54, 1.807) is 10.6 Å². The van der Waals surface area contributed by atoms with Gasteiger partial charge in [0.1, 0.15) is 13.1 Å². The molecule has 1 aliphatic heterocycles. The molecule has 0 bridgehead atoms. The smallest absolute Gasteiger partial charge is 0.257 e. The van der Waals surface area contributed by atoms with Crippen LogP contribution in [-0.4, -0.2) is 48.0 Å². The predicted molar refractivity (Wildman–Crippen MR) is 125 cm³/mol. The summed E-state index contributed by atoms with van der Waals surface area (Å²) in [5, 5.41) is 7.14. The van der Waals surface area contributed by atoms with E-state index in [0.717, 1.165) is 21.1 Å². The van der Waals surface area contributed by atoms with Gasteiger partial charge in [0.05, 0.1) is 39.8 Å². The summed E-state index contributed by atoms with van der Waals surface area (Å²) in [6.07, 6.45) is 3.31.